The van der Waals surface area contributed by atoms with Gasteiger partial charge in [0.2, 0.25) is 0 Å². The molecule has 6 nitrogen and oxygen atoms in total. The maximum absolute atomic E-state index is 12.7. The zero-order valence-electron chi connectivity index (χ0n) is 23.4. The minimum atomic E-state index is -0.500. The third kappa shape index (κ3) is 10.1. The van der Waals surface area contributed by atoms with E-state index in [1.54, 1.807) is 60.7 Å². The molecular formula is C33H40O6. The normalized spacial score (nSPS) is 10.6. The van der Waals surface area contributed by atoms with Crippen molar-refractivity contribution in [3.05, 3.63) is 83.4 Å². The number of rotatable bonds is 16. The molecule has 3 aromatic rings. The van der Waals surface area contributed by atoms with Crippen LogP contribution in [0.2, 0.25) is 0 Å². The first-order chi connectivity index (χ1) is 19.0. The summed E-state index contributed by atoms with van der Waals surface area (Å²) >= 11 is 0. The van der Waals surface area contributed by atoms with Crippen molar-refractivity contribution in [2.24, 2.45) is 0 Å². The molecule has 0 aliphatic heterocycles. The molecule has 0 N–H and O–H groups in total. The second-order valence-electron chi connectivity index (χ2n) is 9.57. The highest BCUT2D eigenvalue weighted by atomic mass is 16.5. The predicted molar refractivity (Wildman–Crippen MR) is 153 cm³/mol. The van der Waals surface area contributed by atoms with Crippen molar-refractivity contribution in [3.63, 3.8) is 0 Å². The molecule has 39 heavy (non-hydrogen) atoms. The lowest BCUT2D eigenvalue weighted by atomic mass is 10.1. The van der Waals surface area contributed by atoms with Gasteiger partial charge in [-0.1, -0.05) is 58.4 Å². The van der Waals surface area contributed by atoms with Crippen LogP contribution in [-0.2, 0) is 0 Å². The summed E-state index contributed by atoms with van der Waals surface area (Å²) in [7, 11) is 0. The summed E-state index contributed by atoms with van der Waals surface area (Å²) in [4.78, 5) is 25.3. The smallest absolute Gasteiger partial charge is 0.343 e. The van der Waals surface area contributed by atoms with E-state index < -0.39 is 11.9 Å². The number of carbonyl (C=O) groups is 2. The van der Waals surface area contributed by atoms with E-state index >= 15 is 0 Å². The third-order valence-electron chi connectivity index (χ3n) is 6.28. The van der Waals surface area contributed by atoms with Gasteiger partial charge in [-0.05, 0) is 86.0 Å². The number of esters is 2. The molecule has 0 bridgehead atoms. The first kappa shape index (κ1) is 29.8. The zero-order valence-corrected chi connectivity index (χ0v) is 23.4. The summed E-state index contributed by atoms with van der Waals surface area (Å²) in [5.74, 6) is 1.20. The first-order valence-electron chi connectivity index (χ1n) is 14.0. The Hall–Kier alpha value is -3.80. The standard InChI is InChI=1S/C33H40O6/c1-4-6-8-10-22-36-28-18-20-30(21-19-28)38-32(34)26-14-16-29(17-15-26)39-33(35)27-13-12-25(3)31(24-27)37-23-11-9-7-5-2/h12-21,24H,4-11,22-23H2,1-3H3. The highest BCUT2D eigenvalue weighted by molar-refractivity contribution is 5.93. The summed E-state index contributed by atoms with van der Waals surface area (Å²) in [5, 5.41) is 0. The third-order valence-corrected chi connectivity index (χ3v) is 6.28. The highest BCUT2D eigenvalue weighted by Crippen LogP contribution is 2.23. The van der Waals surface area contributed by atoms with Gasteiger partial charge in [0.15, 0.2) is 0 Å². The molecule has 0 spiro atoms. The SMILES string of the molecule is CCCCCCOc1ccc(OC(=O)c2ccc(OC(=O)c3ccc(C)c(OCCCCCC)c3)cc2)cc1. The van der Waals surface area contributed by atoms with E-state index in [1.807, 2.05) is 13.0 Å². The van der Waals surface area contributed by atoms with E-state index in [4.69, 9.17) is 18.9 Å². The van der Waals surface area contributed by atoms with Crippen LogP contribution < -0.4 is 18.9 Å². The molecule has 208 valence electrons. The Morgan fingerprint density at radius 1 is 0.564 bits per heavy atom. The molecule has 0 heterocycles. The maximum atomic E-state index is 12.7. The molecule has 0 saturated heterocycles. The van der Waals surface area contributed by atoms with Gasteiger partial charge in [-0.25, -0.2) is 9.59 Å². The Labute approximate surface area is 232 Å². The van der Waals surface area contributed by atoms with Gasteiger partial charge in [0.05, 0.1) is 24.3 Å². The average molecular weight is 533 g/mol. The van der Waals surface area contributed by atoms with Gasteiger partial charge in [-0.15, -0.1) is 0 Å². The molecular weight excluding hydrogens is 492 g/mol. The van der Waals surface area contributed by atoms with E-state index in [9.17, 15) is 9.59 Å². The van der Waals surface area contributed by atoms with E-state index in [0.717, 1.165) is 37.0 Å². The Balaban J connectivity index is 1.49. The Morgan fingerprint density at radius 3 is 1.64 bits per heavy atom. The van der Waals surface area contributed by atoms with Crippen molar-refractivity contribution in [1.29, 1.82) is 0 Å². The minimum absolute atomic E-state index is 0.333. The Kier molecular flexibility index (Phi) is 12.4. The van der Waals surface area contributed by atoms with Crippen LogP contribution >= 0.6 is 0 Å². The van der Waals surface area contributed by atoms with Crippen molar-refractivity contribution in [3.8, 4) is 23.0 Å². The number of carbonyl (C=O) groups excluding carboxylic acids is 2. The van der Waals surface area contributed by atoms with E-state index in [-0.39, 0.29) is 0 Å². The van der Waals surface area contributed by atoms with Gasteiger partial charge in [0, 0.05) is 0 Å². The summed E-state index contributed by atoms with van der Waals surface area (Å²) in [6.45, 7) is 7.60. The molecule has 0 fully saturated rings. The van der Waals surface area contributed by atoms with Crippen molar-refractivity contribution in [2.45, 2.75) is 72.1 Å². The van der Waals surface area contributed by atoms with Crippen LogP contribution in [-0.4, -0.2) is 25.2 Å². The molecule has 0 unspecified atom stereocenters. The van der Waals surface area contributed by atoms with Crippen molar-refractivity contribution >= 4 is 11.9 Å². The van der Waals surface area contributed by atoms with Gasteiger partial charge >= 0.3 is 11.9 Å². The molecule has 6 heteroatoms. The molecule has 0 radical (unpaired) electrons. The summed E-state index contributed by atoms with van der Waals surface area (Å²) in [6, 6.07) is 18.6. The summed E-state index contributed by atoms with van der Waals surface area (Å²) < 4.78 is 22.6. The number of hydrogen-bond acceptors (Lipinski definition) is 6. The fraction of sp³-hybridized carbons (Fsp3) is 0.394. The number of ether oxygens (including phenoxy) is 4. The Bertz CT molecular complexity index is 1170. The van der Waals surface area contributed by atoms with Gasteiger partial charge < -0.3 is 18.9 Å². The van der Waals surface area contributed by atoms with E-state index in [2.05, 4.69) is 13.8 Å². The molecule has 0 amide bonds. The molecule has 3 rings (SSSR count). The Morgan fingerprint density at radius 2 is 1.05 bits per heavy atom. The molecule has 0 aliphatic carbocycles. The van der Waals surface area contributed by atoms with Crippen LogP contribution in [0.25, 0.3) is 0 Å². The second-order valence-corrected chi connectivity index (χ2v) is 9.57. The van der Waals surface area contributed by atoms with Gasteiger partial charge in [0.25, 0.3) is 0 Å². The molecule has 0 atom stereocenters. The molecule has 0 aromatic heterocycles. The maximum Gasteiger partial charge on any atom is 0.343 e. The molecule has 0 saturated carbocycles. The van der Waals surface area contributed by atoms with Crippen molar-refractivity contribution in [2.75, 3.05) is 13.2 Å². The molecule has 3 aromatic carbocycles. The number of unbranched alkanes of at least 4 members (excludes halogenated alkanes) is 6. The van der Waals surface area contributed by atoms with Crippen LogP contribution in [0.4, 0.5) is 0 Å². The van der Waals surface area contributed by atoms with Crippen LogP contribution in [0.5, 0.6) is 23.0 Å². The van der Waals surface area contributed by atoms with Crippen molar-refractivity contribution in [1.82, 2.24) is 0 Å². The van der Waals surface area contributed by atoms with Crippen LogP contribution in [0.1, 0.15) is 91.5 Å². The topological polar surface area (TPSA) is 71.1 Å². The van der Waals surface area contributed by atoms with Gasteiger partial charge in [0.1, 0.15) is 23.0 Å². The summed E-state index contributed by atoms with van der Waals surface area (Å²) in [6.07, 6.45) is 9.05. The number of hydrogen-bond donors (Lipinski definition) is 0. The fourth-order valence-corrected chi connectivity index (χ4v) is 3.91. The lowest BCUT2D eigenvalue weighted by Crippen LogP contribution is -2.11. The molecule has 0 aliphatic rings. The second kappa shape index (κ2) is 16.2. The zero-order chi connectivity index (χ0) is 27.9. The fourth-order valence-electron chi connectivity index (χ4n) is 3.91. The van der Waals surface area contributed by atoms with Crippen LogP contribution in [0.15, 0.2) is 66.7 Å². The van der Waals surface area contributed by atoms with E-state index in [0.29, 0.717) is 41.6 Å². The quantitative estimate of drug-likeness (QED) is 0.105. The first-order valence-corrected chi connectivity index (χ1v) is 14.0. The number of benzene rings is 3. The highest BCUT2D eigenvalue weighted by Gasteiger charge is 2.14. The lowest BCUT2D eigenvalue weighted by molar-refractivity contribution is 0.0730. The van der Waals surface area contributed by atoms with E-state index in [1.165, 1.54) is 25.7 Å². The lowest BCUT2D eigenvalue weighted by Gasteiger charge is -2.11. The van der Waals surface area contributed by atoms with Crippen molar-refractivity contribution < 1.29 is 28.5 Å². The minimum Gasteiger partial charge on any atom is -0.494 e. The monoisotopic (exact) mass is 532 g/mol. The number of aryl methyl sites for hydroxylation is 1. The van der Waals surface area contributed by atoms with Gasteiger partial charge in [-0.2, -0.15) is 0 Å². The van der Waals surface area contributed by atoms with Crippen LogP contribution in [0, 0.1) is 6.92 Å². The largest absolute Gasteiger partial charge is 0.494 e. The summed E-state index contributed by atoms with van der Waals surface area (Å²) in [5.41, 5.74) is 1.72. The predicted octanol–water partition coefficient (Wildman–Crippen LogP) is 8.35. The van der Waals surface area contributed by atoms with Crippen LogP contribution in [0.3, 0.4) is 0 Å². The van der Waals surface area contributed by atoms with Gasteiger partial charge in [-0.3, -0.25) is 0 Å². The average Bonchev–Trinajstić information content (AvgIpc) is 2.95.